The Hall–Kier alpha value is -2.57. The molecule has 28 heavy (non-hydrogen) atoms. The zero-order valence-electron chi connectivity index (χ0n) is 16.0. The molecule has 0 aliphatic carbocycles. The van der Waals surface area contributed by atoms with Crippen LogP contribution in [-0.4, -0.2) is 46.8 Å². The molecule has 0 amide bonds. The number of anilines is 1. The van der Waals surface area contributed by atoms with E-state index in [9.17, 15) is 0 Å². The second-order valence-corrected chi connectivity index (χ2v) is 7.66. The molecule has 0 bridgehead atoms. The fourth-order valence-corrected chi connectivity index (χ4v) is 3.87. The van der Waals surface area contributed by atoms with Gasteiger partial charge in [0.25, 0.3) is 0 Å². The number of morpholine rings is 1. The molecule has 1 aliphatic rings. The number of nitrogens with zero attached hydrogens (tertiary/aromatic N) is 4. The van der Waals surface area contributed by atoms with Crippen LogP contribution in [0.5, 0.6) is 0 Å². The highest BCUT2D eigenvalue weighted by atomic mass is 32.2. The quantitative estimate of drug-likeness (QED) is 0.588. The van der Waals surface area contributed by atoms with Gasteiger partial charge in [-0.05, 0) is 24.6 Å². The first-order chi connectivity index (χ1) is 13.8. The molecule has 0 atom stereocenters. The van der Waals surface area contributed by atoms with E-state index in [1.165, 1.54) is 11.1 Å². The lowest BCUT2D eigenvalue weighted by Gasteiger charge is -2.27. The maximum atomic E-state index is 5.50. The van der Waals surface area contributed by atoms with Gasteiger partial charge in [-0.15, -0.1) is 10.2 Å². The van der Waals surface area contributed by atoms with Crippen LogP contribution in [0.2, 0.25) is 0 Å². The topological polar surface area (TPSA) is 43.2 Å². The molecule has 3 aromatic rings. The van der Waals surface area contributed by atoms with Gasteiger partial charge in [0.1, 0.15) is 0 Å². The van der Waals surface area contributed by atoms with Crippen molar-refractivity contribution in [3.8, 4) is 5.69 Å². The highest BCUT2D eigenvalue weighted by molar-refractivity contribution is 7.99. The lowest BCUT2D eigenvalue weighted by atomic mass is 10.2. The molecular formula is C22H24N4OS. The molecule has 144 valence electrons. The predicted molar refractivity (Wildman–Crippen MR) is 115 cm³/mol. The van der Waals surface area contributed by atoms with Crippen LogP contribution in [0.4, 0.5) is 5.95 Å². The minimum atomic E-state index is 0.725. The molecule has 0 spiro atoms. The number of ether oxygens (including phenoxy) is 1. The number of thioether (sulfide) groups is 1. The largest absolute Gasteiger partial charge is 0.378 e. The van der Waals surface area contributed by atoms with Crippen LogP contribution in [0, 0.1) is 6.92 Å². The fourth-order valence-electron chi connectivity index (χ4n) is 3.11. The Balaban J connectivity index is 1.56. The third-order valence-electron chi connectivity index (χ3n) is 4.62. The van der Waals surface area contributed by atoms with Crippen LogP contribution in [0.25, 0.3) is 11.8 Å². The minimum absolute atomic E-state index is 0.725. The van der Waals surface area contributed by atoms with Gasteiger partial charge in [0.2, 0.25) is 5.95 Å². The van der Waals surface area contributed by atoms with Crippen molar-refractivity contribution in [2.75, 3.05) is 37.0 Å². The molecule has 0 N–H and O–H groups in total. The molecule has 0 saturated carbocycles. The lowest BCUT2D eigenvalue weighted by molar-refractivity contribution is 0.122. The molecule has 2 aromatic carbocycles. The van der Waals surface area contributed by atoms with E-state index in [0.717, 1.165) is 48.8 Å². The molecule has 0 radical (unpaired) electrons. The van der Waals surface area contributed by atoms with Crippen molar-refractivity contribution in [1.82, 2.24) is 14.8 Å². The number of hydrogen-bond acceptors (Lipinski definition) is 5. The van der Waals surface area contributed by atoms with Crippen molar-refractivity contribution in [1.29, 1.82) is 0 Å². The molecule has 6 heteroatoms. The highest BCUT2D eigenvalue weighted by Gasteiger charge is 2.21. The second-order valence-electron chi connectivity index (χ2n) is 6.68. The van der Waals surface area contributed by atoms with Crippen LogP contribution in [0.3, 0.4) is 0 Å². The first kappa shape index (κ1) is 18.8. The smallest absolute Gasteiger partial charge is 0.232 e. The lowest BCUT2D eigenvalue weighted by Crippen LogP contribution is -2.37. The summed E-state index contributed by atoms with van der Waals surface area (Å²) in [6.45, 7) is 5.22. The Bertz CT molecular complexity index is 915. The summed E-state index contributed by atoms with van der Waals surface area (Å²) in [5.41, 5.74) is 3.54. The van der Waals surface area contributed by atoms with E-state index in [-0.39, 0.29) is 0 Å². The number of aryl methyl sites for hydroxylation is 1. The zero-order valence-corrected chi connectivity index (χ0v) is 16.8. The Morgan fingerprint density at radius 2 is 1.75 bits per heavy atom. The van der Waals surface area contributed by atoms with Crippen LogP contribution in [0.15, 0.2) is 65.8 Å². The molecule has 1 fully saturated rings. The molecule has 4 rings (SSSR count). The van der Waals surface area contributed by atoms with Gasteiger partial charge in [-0.3, -0.25) is 4.57 Å². The SMILES string of the molecule is Cc1ccc(-n2c(SCC=Cc3ccccc3)nnc2N2CCOCC2)cc1. The Labute approximate surface area is 170 Å². The van der Waals surface area contributed by atoms with E-state index in [2.05, 4.69) is 87.3 Å². The van der Waals surface area contributed by atoms with Crippen LogP contribution in [0.1, 0.15) is 11.1 Å². The van der Waals surface area contributed by atoms with E-state index in [1.807, 2.05) is 6.07 Å². The third-order valence-corrected chi connectivity index (χ3v) is 5.50. The number of hydrogen-bond donors (Lipinski definition) is 0. The first-order valence-electron chi connectivity index (χ1n) is 9.51. The standard InChI is InChI=1S/C22H24N4OS/c1-18-9-11-20(12-10-18)26-21(25-13-15-27-16-14-25)23-24-22(26)28-17-5-8-19-6-3-2-4-7-19/h2-12H,13-17H2,1H3. The van der Waals surface area contributed by atoms with E-state index < -0.39 is 0 Å². The number of rotatable bonds is 6. The average Bonchev–Trinajstić information content (AvgIpc) is 3.17. The number of benzene rings is 2. The van der Waals surface area contributed by atoms with Crippen LogP contribution in [-0.2, 0) is 4.74 Å². The third kappa shape index (κ3) is 4.46. The second kappa shape index (κ2) is 9.08. The number of aromatic nitrogens is 3. The summed E-state index contributed by atoms with van der Waals surface area (Å²) >= 11 is 1.69. The van der Waals surface area contributed by atoms with Crippen molar-refractivity contribution in [3.63, 3.8) is 0 Å². The van der Waals surface area contributed by atoms with Gasteiger partial charge in [-0.2, -0.15) is 0 Å². The van der Waals surface area contributed by atoms with Gasteiger partial charge < -0.3 is 9.64 Å². The normalized spacial score (nSPS) is 14.7. The van der Waals surface area contributed by atoms with Gasteiger partial charge in [0.05, 0.1) is 18.9 Å². The molecular weight excluding hydrogens is 368 g/mol. The summed E-state index contributed by atoms with van der Waals surface area (Å²) < 4.78 is 7.66. The Kier molecular flexibility index (Phi) is 6.09. The summed E-state index contributed by atoms with van der Waals surface area (Å²) in [5, 5.41) is 9.91. The van der Waals surface area contributed by atoms with Crippen molar-refractivity contribution in [2.24, 2.45) is 0 Å². The molecule has 5 nitrogen and oxygen atoms in total. The molecule has 2 heterocycles. The maximum absolute atomic E-state index is 5.50. The maximum Gasteiger partial charge on any atom is 0.232 e. The average molecular weight is 393 g/mol. The summed E-state index contributed by atoms with van der Waals surface area (Å²) in [7, 11) is 0. The van der Waals surface area contributed by atoms with Crippen molar-refractivity contribution in [3.05, 3.63) is 71.8 Å². The van der Waals surface area contributed by atoms with Gasteiger partial charge in [0, 0.05) is 18.8 Å². The van der Waals surface area contributed by atoms with Gasteiger partial charge in [-0.1, -0.05) is 71.9 Å². The van der Waals surface area contributed by atoms with Gasteiger partial charge >= 0.3 is 0 Å². The zero-order chi connectivity index (χ0) is 19.2. The minimum Gasteiger partial charge on any atom is -0.378 e. The molecule has 1 saturated heterocycles. The summed E-state index contributed by atoms with van der Waals surface area (Å²) in [6, 6.07) is 18.9. The Morgan fingerprint density at radius 1 is 1.00 bits per heavy atom. The van der Waals surface area contributed by atoms with Gasteiger partial charge in [-0.25, -0.2) is 0 Å². The molecule has 0 unspecified atom stereocenters. The monoisotopic (exact) mass is 392 g/mol. The first-order valence-corrected chi connectivity index (χ1v) is 10.5. The van der Waals surface area contributed by atoms with Crippen molar-refractivity contribution >= 4 is 23.8 Å². The summed E-state index contributed by atoms with van der Waals surface area (Å²) in [5.74, 6) is 1.73. The van der Waals surface area contributed by atoms with Crippen LogP contribution < -0.4 is 4.90 Å². The highest BCUT2D eigenvalue weighted by Crippen LogP contribution is 2.27. The van der Waals surface area contributed by atoms with Crippen LogP contribution >= 0.6 is 11.8 Å². The van der Waals surface area contributed by atoms with Crippen molar-refractivity contribution in [2.45, 2.75) is 12.1 Å². The summed E-state index contributed by atoms with van der Waals surface area (Å²) in [6.07, 6.45) is 4.31. The van der Waals surface area contributed by atoms with E-state index in [1.54, 1.807) is 11.8 Å². The van der Waals surface area contributed by atoms with E-state index in [0.29, 0.717) is 0 Å². The molecule has 1 aromatic heterocycles. The summed E-state index contributed by atoms with van der Waals surface area (Å²) in [4.78, 5) is 2.25. The van der Waals surface area contributed by atoms with Gasteiger partial charge in [0.15, 0.2) is 5.16 Å². The van der Waals surface area contributed by atoms with E-state index in [4.69, 9.17) is 4.74 Å². The van der Waals surface area contributed by atoms with E-state index >= 15 is 0 Å². The molecule has 1 aliphatic heterocycles. The fraction of sp³-hybridized carbons (Fsp3) is 0.273. The predicted octanol–water partition coefficient (Wildman–Crippen LogP) is 4.22. The Morgan fingerprint density at radius 3 is 2.50 bits per heavy atom. The van der Waals surface area contributed by atoms with Crippen molar-refractivity contribution < 1.29 is 4.74 Å².